The molecule has 0 saturated carbocycles. The molecule has 1 atom stereocenters. The molecule has 0 spiro atoms. The van der Waals surface area contributed by atoms with Crippen molar-refractivity contribution in [3.05, 3.63) is 78.1 Å². The van der Waals surface area contributed by atoms with E-state index in [0.29, 0.717) is 36.6 Å². The summed E-state index contributed by atoms with van der Waals surface area (Å²) in [6.45, 7) is -0.0128. The molecule has 2 aliphatic heterocycles. The third kappa shape index (κ3) is 5.11. The van der Waals surface area contributed by atoms with Crippen LogP contribution in [0.4, 0.5) is 10.1 Å². The molecule has 3 aromatic rings. The number of Topliss-reactive ketones (excluding diaryl/α,β-unsaturated/α-hetero) is 1. The van der Waals surface area contributed by atoms with Gasteiger partial charge in [-0.2, -0.15) is 4.31 Å². The van der Waals surface area contributed by atoms with Crippen molar-refractivity contribution in [3.8, 4) is 11.5 Å². The van der Waals surface area contributed by atoms with Crippen LogP contribution in [0, 0.1) is 0 Å². The molecule has 1 amide bonds. The molecule has 0 bridgehead atoms. The summed E-state index contributed by atoms with van der Waals surface area (Å²) < 4.78 is 51.8. The van der Waals surface area contributed by atoms with Crippen molar-refractivity contribution in [2.45, 2.75) is 30.3 Å². The number of alkyl halides is 1. The monoisotopic (exact) mass is 539 g/mol. The molecule has 1 saturated heterocycles. The van der Waals surface area contributed by atoms with E-state index in [9.17, 15) is 22.4 Å². The van der Waals surface area contributed by atoms with E-state index in [1.54, 1.807) is 48.8 Å². The van der Waals surface area contributed by atoms with Gasteiger partial charge in [0.15, 0.2) is 0 Å². The number of sulfonamides is 1. The highest BCUT2D eigenvalue weighted by atomic mass is 32.2. The van der Waals surface area contributed by atoms with Crippen LogP contribution in [0.15, 0.2) is 71.9 Å². The molecule has 2 aliphatic rings. The smallest absolute Gasteiger partial charge is 0.299 e. The van der Waals surface area contributed by atoms with Crippen LogP contribution in [-0.4, -0.2) is 61.9 Å². The third-order valence-corrected chi connectivity index (χ3v) is 8.51. The van der Waals surface area contributed by atoms with E-state index in [0.717, 1.165) is 5.56 Å². The first-order valence-corrected chi connectivity index (χ1v) is 13.6. The normalized spacial score (nSPS) is 17.6. The molecule has 0 aliphatic carbocycles. The topological polar surface area (TPSA) is 106 Å². The zero-order valence-electron chi connectivity index (χ0n) is 20.5. The molecule has 2 aromatic carbocycles. The maximum atomic E-state index is 13.5. The van der Waals surface area contributed by atoms with E-state index in [-0.39, 0.29) is 36.3 Å². The number of pyridine rings is 1. The van der Waals surface area contributed by atoms with Gasteiger partial charge < -0.3 is 14.4 Å². The first kappa shape index (κ1) is 25.8. The van der Waals surface area contributed by atoms with Crippen molar-refractivity contribution in [1.82, 2.24) is 9.29 Å². The number of ether oxygens (including phenoxy) is 2. The van der Waals surface area contributed by atoms with Crippen LogP contribution in [-0.2, 0) is 21.4 Å². The highest BCUT2D eigenvalue weighted by Gasteiger charge is 2.40. The van der Waals surface area contributed by atoms with Gasteiger partial charge in [0.05, 0.1) is 34.9 Å². The lowest BCUT2D eigenvalue weighted by Gasteiger charge is -2.24. The Kier molecular flexibility index (Phi) is 7.39. The van der Waals surface area contributed by atoms with Crippen LogP contribution in [0.25, 0.3) is 0 Å². The van der Waals surface area contributed by atoms with Crippen LogP contribution in [0.1, 0.15) is 28.8 Å². The molecule has 3 heterocycles. The predicted molar refractivity (Wildman–Crippen MR) is 137 cm³/mol. The number of carbonyl (C=O) groups is 2. The quantitative estimate of drug-likeness (QED) is 0.364. The minimum Gasteiger partial charge on any atom is -0.491 e. The summed E-state index contributed by atoms with van der Waals surface area (Å²) in [7, 11) is -3.93. The van der Waals surface area contributed by atoms with Crippen molar-refractivity contribution < 1.29 is 31.9 Å². The molecule has 38 heavy (non-hydrogen) atoms. The molecular weight excluding hydrogens is 513 g/mol. The second-order valence-electron chi connectivity index (χ2n) is 8.99. The SMILES string of the molecule is O=C1C(=O)N(Cc2ccc(OCCF)cc2)c2ccc(S(=O)(=O)N3CCC[C@H]3COc3cccnc3)cc21. The molecular formula is C27H26FN3O6S. The average Bonchev–Trinajstić information content (AvgIpc) is 3.51. The standard InChI is InChI=1S/C27H26FN3O6S/c28-11-14-36-21-7-5-19(6-8-21)17-30-25-10-9-23(15-24(25)26(32)27(30)33)38(34,35)31-13-2-3-20(31)18-37-22-4-1-12-29-16-22/h1,4-10,12,15-16,20H,2-3,11,13-14,17-18H2/t20-/m0/s1. The number of hydrogen-bond acceptors (Lipinski definition) is 7. The maximum absolute atomic E-state index is 13.5. The van der Waals surface area contributed by atoms with Crippen LogP contribution >= 0.6 is 0 Å². The number of ketones is 1. The fraction of sp³-hybridized carbons (Fsp3) is 0.296. The number of carbonyl (C=O) groups excluding carboxylic acids is 2. The number of nitrogens with zero attached hydrogens (tertiary/aromatic N) is 3. The van der Waals surface area contributed by atoms with Crippen molar-refractivity contribution in [1.29, 1.82) is 0 Å². The number of hydrogen-bond donors (Lipinski definition) is 0. The fourth-order valence-electron chi connectivity index (χ4n) is 4.68. The first-order chi connectivity index (χ1) is 18.4. The average molecular weight is 540 g/mol. The maximum Gasteiger partial charge on any atom is 0.299 e. The molecule has 9 nitrogen and oxygen atoms in total. The Morgan fingerprint density at radius 2 is 1.84 bits per heavy atom. The molecule has 11 heteroatoms. The van der Waals surface area contributed by atoms with E-state index in [2.05, 4.69) is 4.98 Å². The lowest BCUT2D eigenvalue weighted by Crippen LogP contribution is -2.39. The highest BCUT2D eigenvalue weighted by Crippen LogP contribution is 2.35. The number of amides is 1. The summed E-state index contributed by atoms with van der Waals surface area (Å²) in [4.78, 5) is 30.9. The number of benzene rings is 2. The van der Waals surface area contributed by atoms with Gasteiger partial charge in [0.1, 0.15) is 31.4 Å². The fourth-order valence-corrected chi connectivity index (χ4v) is 6.39. The number of anilines is 1. The molecule has 198 valence electrons. The summed E-state index contributed by atoms with van der Waals surface area (Å²) in [5.41, 5.74) is 1.15. The molecule has 1 fully saturated rings. The Bertz CT molecular complexity index is 1430. The van der Waals surface area contributed by atoms with Gasteiger partial charge in [-0.25, -0.2) is 12.8 Å². The molecule has 5 rings (SSSR count). The third-order valence-electron chi connectivity index (χ3n) is 6.56. The summed E-state index contributed by atoms with van der Waals surface area (Å²) in [6, 6.07) is 14.1. The molecule has 0 radical (unpaired) electrons. The summed E-state index contributed by atoms with van der Waals surface area (Å²) in [5, 5.41) is 0. The van der Waals surface area contributed by atoms with E-state index in [1.807, 2.05) is 0 Å². The lowest BCUT2D eigenvalue weighted by atomic mass is 10.1. The molecule has 1 aromatic heterocycles. The van der Waals surface area contributed by atoms with E-state index >= 15 is 0 Å². The zero-order chi connectivity index (χ0) is 26.7. The van der Waals surface area contributed by atoms with Gasteiger partial charge in [-0.05, 0) is 60.9 Å². The van der Waals surface area contributed by atoms with Crippen LogP contribution in [0.3, 0.4) is 0 Å². The Labute approximate surface area is 219 Å². The predicted octanol–water partition coefficient (Wildman–Crippen LogP) is 3.39. The van der Waals surface area contributed by atoms with Crippen LogP contribution in [0.2, 0.25) is 0 Å². The van der Waals surface area contributed by atoms with Crippen molar-refractivity contribution in [2.24, 2.45) is 0 Å². The minimum absolute atomic E-state index is 0.0399. The second-order valence-corrected chi connectivity index (χ2v) is 10.9. The largest absolute Gasteiger partial charge is 0.491 e. The van der Waals surface area contributed by atoms with Crippen molar-refractivity contribution >= 4 is 27.4 Å². The van der Waals surface area contributed by atoms with Gasteiger partial charge >= 0.3 is 0 Å². The van der Waals surface area contributed by atoms with Gasteiger partial charge in [0, 0.05) is 12.7 Å². The number of rotatable bonds is 10. The zero-order valence-corrected chi connectivity index (χ0v) is 21.3. The second kappa shape index (κ2) is 10.9. The van der Waals surface area contributed by atoms with Gasteiger partial charge in [-0.15, -0.1) is 0 Å². The van der Waals surface area contributed by atoms with Crippen molar-refractivity contribution in [2.75, 3.05) is 31.3 Å². The van der Waals surface area contributed by atoms with Crippen LogP contribution in [0.5, 0.6) is 11.5 Å². The Hall–Kier alpha value is -3.83. The number of halogens is 1. The molecule has 0 N–H and O–H groups in total. The lowest BCUT2D eigenvalue weighted by molar-refractivity contribution is -0.114. The van der Waals surface area contributed by atoms with E-state index < -0.39 is 28.4 Å². The summed E-state index contributed by atoms with van der Waals surface area (Å²) >= 11 is 0. The summed E-state index contributed by atoms with van der Waals surface area (Å²) in [5.74, 6) is -0.425. The van der Waals surface area contributed by atoms with Gasteiger partial charge in [0.25, 0.3) is 11.7 Å². The van der Waals surface area contributed by atoms with Gasteiger partial charge in [-0.3, -0.25) is 14.6 Å². The highest BCUT2D eigenvalue weighted by molar-refractivity contribution is 7.89. The summed E-state index contributed by atoms with van der Waals surface area (Å²) in [6.07, 6.45) is 4.53. The van der Waals surface area contributed by atoms with E-state index in [1.165, 1.54) is 27.4 Å². The van der Waals surface area contributed by atoms with Gasteiger partial charge in [-0.1, -0.05) is 12.1 Å². The Balaban J connectivity index is 1.33. The minimum atomic E-state index is -3.93. The molecule has 0 unspecified atom stereocenters. The van der Waals surface area contributed by atoms with E-state index in [4.69, 9.17) is 9.47 Å². The van der Waals surface area contributed by atoms with Crippen molar-refractivity contribution in [3.63, 3.8) is 0 Å². The van der Waals surface area contributed by atoms with Crippen LogP contribution < -0.4 is 14.4 Å². The Morgan fingerprint density at radius 1 is 1.03 bits per heavy atom. The number of fused-ring (bicyclic) bond motifs is 1. The first-order valence-electron chi connectivity index (χ1n) is 12.2. The van der Waals surface area contributed by atoms with Gasteiger partial charge in [0.2, 0.25) is 10.0 Å². The Morgan fingerprint density at radius 3 is 2.58 bits per heavy atom. The number of aromatic nitrogens is 1.